The van der Waals surface area contributed by atoms with Crippen LogP contribution in [0.2, 0.25) is 0 Å². The number of hydrogen-bond acceptors (Lipinski definition) is 6. The number of rotatable bonds is 4. The van der Waals surface area contributed by atoms with Gasteiger partial charge < -0.3 is 9.79 Å². The van der Waals surface area contributed by atoms with Crippen LogP contribution in [0.4, 0.5) is 5.69 Å². The Morgan fingerprint density at radius 3 is 2.46 bits per heavy atom. The molecule has 0 bridgehead atoms. The van der Waals surface area contributed by atoms with Gasteiger partial charge in [0.05, 0.1) is 4.91 Å². The van der Waals surface area contributed by atoms with E-state index < -0.39 is 0 Å². The number of benzene rings is 1. The normalized spacial score (nSPS) is 27.2. The molecule has 0 spiro atoms. The average Bonchev–Trinajstić information content (AvgIpc) is 2.97. The molecule has 0 saturated carbocycles. The Morgan fingerprint density at radius 1 is 1.14 bits per heavy atom. The molecule has 5 rings (SSSR count). The van der Waals surface area contributed by atoms with Gasteiger partial charge in [-0.15, -0.1) is 5.06 Å². The minimum absolute atomic E-state index is 0.306. The molecular formula is C21H22N2O3S2. The first-order valence-electron chi connectivity index (χ1n) is 9.82. The fourth-order valence-electron chi connectivity index (χ4n) is 5.07. The molecule has 0 aliphatic carbocycles. The van der Waals surface area contributed by atoms with Crippen LogP contribution in [0.15, 0.2) is 29.9 Å². The van der Waals surface area contributed by atoms with Crippen LogP contribution in [0.3, 0.4) is 0 Å². The van der Waals surface area contributed by atoms with E-state index in [1.807, 2.05) is 6.08 Å². The molecule has 1 amide bonds. The zero-order valence-electron chi connectivity index (χ0n) is 15.6. The Kier molecular flexibility index (Phi) is 4.69. The van der Waals surface area contributed by atoms with Crippen LogP contribution in [0.5, 0.6) is 0 Å². The summed E-state index contributed by atoms with van der Waals surface area (Å²) in [4.78, 5) is 25.4. The highest BCUT2D eigenvalue weighted by Gasteiger charge is 2.39. The van der Waals surface area contributed by atoms with Gasteiger partial charge in [0.2, 0.25) is 0 Å². The summed E-state index contributed by atoms with van der Waals surface area (Å²) in [5, 5.41) is 0.985. The number of anilines is 1. The van der Waals surface area contributed by atoms with Gasteiger partial charge in [0.25, 0.3) is 5.91 Å². The SMILES string of the molecule is C=COON1C(=O)/C(=C\c2cc3c4c(c2)CCC2CCCC(CC3)N42)SC1=S. The van der Waals surface area contributed by atoms with Gasteiger partial charge in [0.1, 0.15) is 6.26 Å². The Morgan fingerprint density at radius 2 is 1.82 bits per heavy atom. The van der Waals surface area contributed by atoms with Crippen LogP contribution in [0, 0.1) is 0 Å². The summed E-state index contributed by atoms with van der Waals surface area (Å²) in [6, 6.07) is 5.93. The molecule has 0 N–H and O–H groups in total. The average molecular weight is 415 g/mol. The largest absolute Gasteiger partial charge is 0.365 e. The van der Waals surface area contributed by atoms with Crippen LogP contribution >= 0.6 is 24.0 Å². The number of thiocarbonyl (C=S) groups is 1. The van der Waals surface area contributed by atoms with Gasteiger partial charge in [-0.3, -0.25) is 4.79 Å². The monoisotopic (exact) mass is 414 g/mol. The van der Waals surface area contributed by atoms with E-state index in [4.69, 9.17) is 17.2 Å². The van der Waals surface area contributed by atoms with Gasteiger partial charge in [0.15, 0.2) is 4.32 Å². The maximum Gasteiger partial charge on any atom is 0.293 e. The van der Waals surface area contributed by atoms with Crippen molar-refractivity contribution < 1.29 is 14.7 Å². The predicted molar refractivity (Wildman–Crippen MR) is 114 cm³/mol. The van der Waals surface area contributed by atoms with E-state index in [0.29, 0.717) is 9.23 Å². The summed E-state index contributed by atoms with van der Waals surface area (Å²) in [6.07, 6.45) is 11.8. The Labute approximate surface area is 174 Å². The molecular weight excluding hydrogens is 392 g/mol. The molecule has 1 aromatic rings. The number of carbonyl (C=O) groups excluding carboxylic acids is 1. The van der Waals surface area contributed by atoms with Crippen LogP contribution in [0.25, 0.3) is 6.08 Å². The zero-order valence-corrected chi connectivity index (χ0v) is 17.2. The number of hydrogen-bond donors (Lipinski definition) is 0. The summed E-state index contributed by atoms with van der Waals surface area (Å²) < 4.78 is 0.316. The molecule has 5 nitrogen and oxygen atoms in total. The highest BCUT2D eigenvalue weighted by Crippen LogP contribution is 2.45. The molecule has 1 aromatic carbocycles. The standard InChI is InChI=1S/C21H22N2O3S2/c1-2-25-26-23-20(24)18(28-21(23)27)12-13-10-14-6-8-16-4-3-5-17-9-7-15(11-13)19(14)22(16)17/h2,10-12,16-17H,1,3-9H2/b18-12+. The Bertz CT molecular complexity index is 861. The van der Waals surface area contributed by atoms with Gasteiger partial charge in [-0.05, 0) is 92.1 Å². The van der Waals surface area contributed by atoms with Crippen molar-refractivity contribution in [1.82, 2.24) is 5.06 Å². The maximum absolute atomic E-state index is 12.6. The second-order valence-corrected chi connectivity index (χ2v) is 9.40. The highest BCUT2D eigenvalue weighted by atomic mass is 32.2. The van der Waals surface area contributed by atoms with Crippen LogP contribution in [-0.2, 0) is 27.5 Å². The number of aryl methyl sites for hydroxylation is 2. The van der Waals surface area contributed by atoms with E-state index in [1.54, 1.807) is 0 Å². The Hall–Kier alpha value is -1.83. The number of amides is 1. The van der Waals surface area contributed by atoms with Crippen molar-refractivity contribution in [1.29, 1.82) is 0 Å². The van der Waals surface area contributed by atoms with Gasteiger partial charge in [0, 0.05) is 17.8 Å². The summed E-state index contributed by atoms with van der Waals surface area (Å²) in [5.41, 5.74) is 5.40. The lowest BCUT2D eigenvalue weighted by atomic mass is 9.79. The molecule has 4 aliphatic rings. The lowest BCUT2D eigenvalue weighted by molar-refractivity contribution is -0.350. The topological polar surface area (TPSA) is 42.0 Å². The van der Waals surface area contributed by atoms with Crippen molar-refractivity contribution >= 4 is 46.0 Å². The van der Waals surface area contributed by atoms with E-state index in [2.05, 4.69) is 28.5 Å². The molecule has 2 unspecified atom stereocenters. The fourth-order valence-corrected chi connectivity index (χ4v) is 6.20. The second kappa shape index (κ2) is 7.21. The lowest BCUT2D eigenvalue weighted by Crippen LogP contribution is -2.51. The van der Waals surface area contributed by atoms with Crippen molar-refractivity contribution in [2.75, 3.05) is 4.90 Å². The van der Waals surface area contributed by atoms with Gasteiger partial charge in [-0.2, -0.15) is 0 Å². The number of thioether (sulfide) groups is 1. The molecule has 2 saturated heterocycles. The summed E-state index contributed by atoms with van der Waals surface area (Å²) in [7, 11) is 0. The van der Waals surface area contributed by atoms with Crippen molar-refractivity contribution in [3.63, 3.8) is 0 Å². The smallest absolute Gasteiger partial charge is 0.293 e. The molecule has 7 heteroatoms. The van der Waals surface area contributed by atoms with Crippen molar-refractivity contribution in [3.05, 3.63) is 46.6 Å². The maximum atomic E-state index is 12.6. The number of carbonyl (C=O) groups is 1. The molecule has 4 aliphatic heterocycles. The number of nitrogens with zero attached hydrogens (tertiary/aromatic N) is 2. The number of piperidine rings is 1. The summed E-state index contributed by atoms with van der Waals surface area (Å²) >= 11 is 6.45. The van der Waals surface area contributed by atoms with E-state index >= 15 is 0 Å². The van der Waals surface area contributed by atoms with Crippen molar-refractivity contribution in [2.45, 2.75) is 57.0 Å². The molecule has 2 atom stereocenters. The first-order valence-corrected chi connectivity index (χ1v) is 11.0. The lowest BCUT2D eigenvalue weighted by Gasteiger charge is -2.51. The second-order valence-electron chi connectivity index (χ2n) is 7.72. The predicted octanol–water partition coefficient (Wildman–Crippen LogP) is 4.51. The van der Waals surface area contributed by atoms with Gasteiger partial charge in [-0.25, -0.2) is 0 Å². The molecule has 0 radical (unpaired) electrons. The first-order chi connectivity index (χ1) is 13.7. The van der Waals surface area contributed by atoms with Crippen LogP contribution in [-0.4, -0.2) is 27.4 Å². The number of hydroxylamine groups is 2. The Balaban J connectivity index is 1.47. The zero-order chi connectivity index (χ0) is 19.3. The molecule has 4 heterocycles. The van der Waals surface area contributed by atoms with E-state index in [1.165, 1.54) is 60.7 Å². The third-order valence-corrected chi connectivity index (χ3v) is 7.41. The van der Waals surface area contributed by atoms with Gasteiger partial charge in [-0.1, -0.05) is 23.3 Å². The molecule has 146 valence electrons. The first kappa shape index (κ1) is 18.2. The van der Waals surface area contributed by atoms with E-state index in [0.717, 1.165) is 41.8 Å². The van der Waals surface area contributed by atoms with Crippen molar-refractivity contribution in [2.24, 2.45) is 0 Å². The van der Waals surface area contributed by atoms with E-state index in [-0.39, 0.29) is 5.91 Å². The third kappa shape index (κ3) is 2.96. The van der Waals surface area contributed by atoms with Gasteiger partial charge >= 0.3 is 0 Å². The van der Waals surface area contributed by atoms with E-state index in [9.17, 15) is 4.79 Å². The summed E-state index contributed by atoms with van der Waals surface area (Å²) in [5.74, 6) is -0.306. The molecule has 28 heavy (non-hydrogen) atoms. The fraction of sp³-hybridized carbons (Fsp3) is 0.429. The van der Waals surface area contributed by atoms with Crippen LogP contribution < -0.4 is 4.90 Å². The minimum atomic E-state index is -0.306. The van der Waals surface area contributed by atoms with Crippen molar-refractivity contribution in [3.8, 4) is 0 Å². The molecule has 2 fully saturated rings. The third-order valence-electron chi connectivity index (χ3n) is 6.15. The highest BCUT2D eigenvalue weighted by molar-refractivity contribution is 8.26. The summed E-state index contributed by atoms with van der Waals surface area (Å²) in [6.45, 7) is 3.40. The quantitative estimate of drug-likeness (QED) is 0.237. The minimum Gasteiger partial charge on any atom is -0.365 e. The molecule has 0 aromatic heterocycles. The van der Waals surface area contributed by atoms with Crippen LogP contribution in [0.1, 0.15) is 48.8 Å².